The fourth-order valence-corrected chi connectivity index (χ4v) is 5.56. The minimum absolute atomic E-state index is 0.129. The van der Waals surface area contributed by atoms with Crippen LogP contribution in [0.3, 0.4) is 0 Å². The number of amides is 1. The Morgan fingerprint density at radius 3 is 2.38 bits per heavy atom. The number of nitrogens with one attached hydrogen (secondary N) is 2. The molecule has 0 spiro atoms. The topological polar surface area (TPSA) is 102 Å². The van der Waals surface area contributed by atoms with E-state index in [1.165, 1.54) is 22.5 Å². The largest absolute Gasteiger partial charge is 0.497 e. The van der Waals surface area contributed by atoms with Gasteiger partial charge in [-0.1, -0.05) is 68.2 Å². The molecular weight excluding hydrogens is 563 g/mol. The van der Waals surface area contributed by atoms with E-state index < -0.39 is 0 Å². The number of aryl methyl sites for hydroxylation is 2. The van der Waals surface area contributed by atoms with Crippen molar-refractivity contribution in [3.05, 3.63) is 100 Å². The zero-order chi connectivity index (χ0) is 30.0. The van der Waals surface area contributed by atoms with E-state index in [-0.39, 0.29) is 17.5 Å². The average molecular weight is 603 g/mol. The van der Waals surface area contributed by atoms with Crippen LogP contribution in [0, 0.1) is 0 Å². The van der Waals surface area contributed by atoms with Crippen molar-refractivity contribution in [2.24, 2.45) is 0 Å². The summed E-state index contributed by atoms with van der Waals surface area (Å²) in [6.07, 6.45) is 5.51. The maximum absolute atomic E-state index is 12.4. The molecule has 2 aromatic carbocycles. The lowest BCUT2D eigenvalue weighted by atomic mass is 9.99. The molecule has 8 nitrogen and oxygen atoms in total. The van der Waals surface area contributed by atoms with Crippen molar-refractivity contribution in [1.29, 1.82) is 0 Å². The van der Waals surface area contributed by atoms with Gasteiger partial charge in [0.1, 0.15) is 10.8 Å². The molecule has 0 aliphatic carbocycles. The molecule has 220 valence electrons. The maximum Gasteiger partial charge on any atom is 0.230 e. The van der Waals surface area contributed by atoms with E-state index in [1.54, 1.807) is 7.11 Å². The van der Waals surface area contributed by atoms with Gasteiger partial charge in [0.05, 0.1) is 19.2 Å². The summed E-state index contributed by atoms with van der Waals surface area (Å²) >= 11 is 1.41. The molecular formula is C32H39N6O2PS. The van der Waals surface area contributed by atoms with Crippen LogP contribution in [-0.4, -0.2) is 38.6 Å². The Bertz CT molecular complexity index is 1480. The van der Waals surface area contributed by atoms with Crippen LogP contribution in [-0.2, 0) is 36.9 Å². The second kappa shape index (κ2) is 15.0. The first kappa shape index (κ1) is 31.3. The number of unbranched alkanes of at least 4 members (excludes halogenated alkanes) is 1. The van der Waals surface area contributed by atoms with Gasteiger partial charge in [-0.05, 0) is 71.8 Å². The maximum atomic E-state index is 12.4. The van der Waals surface area contributed by atoms with Gasteiger partial charge >= 0.3 is 0 Å². The predicted molar refractivity (Wildman–Crippen MR) is 174 cm³/mol. The number of allylic oxidation sites excluding steroid dienone is 1. The Morgan fingerprint density at radius 2 is 1.64 bits per heavy atom. The van der Waals surface area contributed by atoms with E-state index in [0.29, 0.717) is 10.9 Å². The van der Waals surface area contributed by atoms with Gasteiger partial charge < -0.3 is 15.4 Å². The number of benzene rings is 2. The first-order valence-corrected chi connectivity index (χ1v) is 15.4. The second-order valence-corrected chi connectivity index (χ2v) is 13.7. The third-order valence-corrected chi connectivity index (χ3v) is 7.48. The van der Waals surface area contributed by atoms with Crippen molar-refractivity contribution in [2.75, 3.05) is 17.7 Å². The van der Waals surface area contributed by atoms with E-state index in [2.05, 4.69) is 85.0 Å². The van der Waals surface area contributed by atoms with Crippen molar-refractivity contribution in [3.8, 4) is 5.75 Å². The number of nitrogens with zero attached hydrogens (tertiary/aromatic N) is 4. The molecule has 10 heteroatoms. The van der Waals surface area contributed by atoms with Crippen molar-refractivity contribution >= 4 is 37.4 Å². The Morgan fingerprint density at radius 1 is 0.905 bits per heavy atom. The van der Waals surface area contributed by atoms with Crippen molar-refractivity contribution in [2.45, 2.75) is 63.9 Å². The third-order valence-electron chi connectivity index (χ3n) is 6.38. The number of hydrogen-bond donors (Lipinski definition) is 2. The first-order valence-electron chi connectivity index (χ1n) is 14.0. The van der Waals surface area contributed by atoms with E-state index in [1.807, 2.05) is 36.4 Å². The summed E-state index contributed by atoms with van der Waals surface area (Å²) < 4.78 is 5.22. The molecule has 42 heavy (non-hydrogen) atoms. The monoisotopic (exact) mass is 602 g/mol. The molecule has 2 heterocycles. The summed E-state index contributed by atoms with van der Waals surface area (Å²) in [7, 11) is 4.52. The van der Waals surface area contributed by atoms with Crippen LogP contribution in [0.15, 0.2) is 72.9 Å². The van der Waals surface area contributed by atoms with Gasteiger partial charge in [0.2, 0.25) is 11.0 Å². The van der Waals surface area contributed by atoms with Gasteiger partial charge in [-0.15, -0.1) is 24.5 Å². The molecule has 1 unspecified atom stereocenters. The predicted octanol–water partition coefficient (Wildman–Crippen LogP) is 6.45. The van der Waals surface area contributed by atoms with Crippen LogP contribution >= 0.6 is 20.6 Å². The van der Waals surface area contributed by atoms with Gasteiger partial charge in [-0.3, -0.25) is 4.79 Å². The molecule has 1 atom stereocenters. The number of methoxy groups -OCH3 is 1. The smallest absolute Gasteiger partial charge is 0.230 e. The highest BCUT2D eigenvalue weighted by molar-refractivity contribution is 7.18. The molecule has 4 rings (SSSR count). The molecule has 0 aliphatic rings. The molecule has 1 amide bonds. The van der Waals surface area contributed by atoms with Crippen LogP contribution < -0.4 is 15.4 Å². The highest BCUT2D eigenvalue weighted by atomic mass is 32.1. The summed E-state index contributed by atoms with van der Waals surface area (Å²) in [5, 5.41) is 24.8. The lowest BCUT2D eigenvalue weighted by Crippen LogP contribution is -2.14. The number of rotatable bonds is 15. The van der Waals surface area contributed by atoms with Gasteiger partial charge in [0, 0.05) is 18.5 Å². The fraction of sp³-hybridized carbons (Fsp3) is 0.344. The number of hydrogen-bond acceptors (Lipinski definition) is 8. The molecule has 2 aromatic heterocycles. The fourth-order valence-electron chi connectivity index (χ4n) is 4.53. The zero-order valence-electron chi connectivity index (χ0n) is 24.5. The third kappa shape index (κ3) is 10.6. The molecule has 4 aromatic rings. The minimum Gasteiger partial charge on any atom is -0.497 e. The van der Waals surface area contributed by atoms with Gasteiger partial charge in [-0.2, -0.15) is 5.10 Å². The first-order chi connectivity index (χ1) is 20.1. The van der Waals surface area contributed by atoms with E-state index in [9.17, 15) is 4.79 Å². The molecule has 2 N–H and O–H groups in total. The van der Waals surface area contributed by atoms with Crippen molar-refractivity contribution < 1.29 is 9.53 Å². The summed E-state index contributed by atoms with van der Waals surface area (Å²) in [6, 6.07) is 20.1. The lowest BCUT2D eigenvalue weighted by Gasteiger charge is -2.18. The Labute approximate surface area is 254 Å². The number of carbonyl (C=O) groups is 1. The lowest BCUT2D eigenvalue weighted by molar-refractivity contribution is -0.115. The zero-order valence-corrected chi connectivity index (χ0v) is 26.5. The van der Waals surface area contributed by atoms with Crippen LogP contribution in [0.1, 0.15) is 54.1 Å². The van der Waals surface area contributed by atoms with Gasteiger partial charge in [-0.25, -0.2) is 0 Å². The van der Waals surface area contributed by atoms with Crippen molar-refractivity contribution in [3.63, 3.8) is 0 Å². The molecule has 0 radical (unpaired) electrons. The summed E-state index contributed by atoms with van der Waals surface area (Å²) in [6.45, 7) is 8.62. The van der Waals surface area contributed by atoms with Crippen LogP contribution in [0.2, 0.25) is 0 Å². The average Bonchev–Trinajstić information content (AvgIpc) is 3.38. The SMILES string of the molecule is C=C(Cc1cccc(CC(C)(C)P)c1)Nc1ccc(CCCCc2nnc(NC(=O)Cc3cccc(OC)c3)s2)nn1. The van der Waals surface area contributed by atoms with Crippen molar-refractivity contribution in [1.82, 2.24) is 20.4 Å². The normalized spacial score (nSPS) is 11.2. The Hall–Kier alpha value is -3.68. The minimum atomic E-state index is -0.129. The van der Waals surface area contributed by atoms with Crippen LogP contribution in [0.25, 0.3) is 0 Å². The molecule has 0 saturated carbocycles. The Kier molecular flexibility index (Phi) is 11.2. The van der Waals surface area contributed by atoms with E-state index >= 15 is 0 Å². The summed E-state index contributed by atoms with van der Waals surface area (Å²) in [5.74, 6) is 1.29. The van der Waals surface area contributed by atoms with E-state index in [4.69, 9.17) is 4.74 Å². The number of aromatic nitrogens is 4. The molecule has 0 aliphatic heterocycles. The molecule has 0 fully saturated rings. The molecule has 0 saturated heterocycles. The Balaban J connectivity index is 1.15. The quantitative estimate of drug-likeness (QED) is 0.119. The highest BCUT2D eigenvalue weighted by Crippen LogP contribution is 2.23. The standard InChI is InChI=1S/C32H39N6O2PS/c1-22(17-23-9-7-11-25(18-23)21-32(2,3)41)33-28-16-15-26(35-36-28)12-5-6-14-30-37-38-31(42-30)34-29(39)20-24-10-8-13-27(19-24)40-4/h7-11,13,15-16,18-19H,1,5-6,12,14,17,20-21,41H2,2-4H3,(H,33,36)(H,34,38,39). The van der Waals surface area contributed by atoms with E-state index in [0.717, 1.165) is 66.2 Å². The van der Waals surface area contributed by atoms with Crippen LogP contribution in [0.5, 0.6) is 5.75 Å². The second-order valence-electron chi connectivity index (χ2n) is 11.1. The van der Waals surface area contributed by atoms with Gasteiger partial charge in [0.15, 0.2) is 5.82 Å². The van der Waals surface area contributed by atoms with Gasteiger partial charge in [0.25, 0.3) is 0 Å². The summed E-state index contributed by atoms with van der Waals surface area (Å²) in [5.41, 5.74) is 5.25. The summed E-state index contributed by atoms with van der Waals surface area (Å²) in [4.78, 5) is 12.4. The highest BCUT2D eigenvalue weighted by Gasteiger charge is 2.12. The number of carbonyl (C=O) groups excluding carboxylic acids is 1. The van der Waals surface area contributed by atoms with Crippen LogP contribution in [0.4, 0.5) is 10.9 Å². The number of anilines is 2. The molecule has 0 bridgehead atoms. The number of ether oxygens (including phenoxy) is 1.